The molecule has 5 heteroatoms. The predicted octanol–water partition coefficient (Wildman–Crippen LogP) is 2.02. The van der Waals surface area contributed by atoms with Gasteiger partial charge in [-0.1, -0.05) is 6.92 Å². The predicted molar refractivity (Wildman–Crippen MR) is 76.4 cm³/mol. The van der Waals surface area contributed by atoms with E-state index in [0.717, 1.165) is 11.3 Å². The summed E-state index contributed by atoms with van der Waals surface area (Å²) in [6.45, 7) is 5.85. The third-order valence-corrected chi connectivity index (χ3v) is 3.79. The Bertz CT molecular complexity index is 527. The zero-order valence-corrected chi connectivity index (χ0v) is 11.4. The summed E-state index contributed by atoms with van der Waals surface area (Å²) in [5.74, 6) is 0.953. The maximum absolute atomic E-state index is 4.44. The van der Waals surface area contributed by atoms with E-state index in [1.165, 1.54) is 38.9 Å². The van der Waals surface area contributed by atoms with Crippen molar-refractivity contribution in [2.75, 3.05) is 25.0 Å². The molecule has 5 nitrogen and oxygen atoms in total. The molecule has 3 rings (SSSR count). The summed E-state index contributed by atoms with van der Waals surface area (Å²) in [7, 11) is 0. The lowest BCUT2D eigenvalue weighted by atomic mass is 10.0. The van der Waals surface area contributed by atoms with Crippen molar-refractivity contribution >= 4 is 11.3 Å². The molecule has 2 aromatic rings. The molecular weight excluding hydrogens is 238 g/mol. The molecule has 19 heavy (non-hydrogen) atoms. The van der Waals surface area contributed by atoms with Gasteiger partial charge in [0.05, 0.1) is 6.20 Å². The average molecular weight is 259 g/mol. The molecule has 1 saturated heterocycles. The van der Waals surface area contributed by atoms with Gasteiger partial charge in [0.25, 0.3) is 0 Å². The number of likely N-dealkylation sites (tertiary alicyclic amines) is 1. The van der Waals surface area contributed by atoms with E-state index in [1.54, 1.807) is 6.20 Å². The normalized spacial score (nSPS) is 17.9. The van der Waals surface area contributed by atoms with Crippen molar-refractivity contribution in [3.8, 4) is 0 Å². The molecule has 0 unspecified atom stereocenters. The Morgan fingerprint density at radius 3 is 2.95 bits per heavy atom. The Labute approximate surface area is 113 Å². The number of nitrogens with one attached hydrogen (secondary N) is 1. The third-order valence-electron chi connectivity index (χ3n) is 3.79. The molecule has 0 spiro atoms. The first kappa shape index (κ1) is 12.4. The number of fused-ring (bicyclic) bond motifs is 1. The minimum Gasteiger partial charge on any atom is -0.365 e. The third kappa shape index (κ3) is 2.71. The average Bonchev–Trinajstić information content (AvgIpc) is 2.91. The van der Waals surface area contributed by atoms with E-state index in [2.05, 4.69) is 27.2 Å². The smallest absolute Gasteiger partial charge is 0.152 e. The molecule has 1 aliphatic rings. The van der Waals surface area contributed by atoms with Gasteiger partial charge in [-0.05, 0) is 31.9 Å². The second kappa shape index (κ2) is 5.57. The highest BCUT2D eigenvalue weighted by Gasteiger charge is 2.19. The van der Waals surface area contributed by atoms with E-state index in [1.807, 2.05) is 23.0 Å². The highest BCUT2D eigenvalue weighted by atomic mass is 15.2. The van der Waals surface area contributed by atoms with E-state index in [4.69, 9.17) is 0 Å². The van der Waals surface area contributed by atoms with Crippen molar-refractivity contribution < 1.29 is 0 Å². The Morgan fingerprint density at radius 1 is 1.32 bits per heavy atom. The van der Waals surface area contributed by atoms with Crippen LogP contribution < -0.4 is 5.32 Å². The number of piperidine rings is 1. The van der Waals surface area contributed by atoms with Crippen LogP contribution in [0.25, 0.3) is 5.52 Å². The molecule has 0 saturated carbocycles. The molecule has 0 radical (unpaired) electrons. The van der Waals surface area contributed by atoms with Crippen LogP contribution in [0.1, 0.15) is 26.2 Å². The van der Waals surface area contributed by atoms with E-state index < -0.39 is 0 Å². The molecule has 0 amide bonds. The summed E-state index contributed by atoms with van der Waals surface area (Å²) in [5.41, 5.74) is 1.05. The number of hydrogen-bond acceptors (Lipinski definition) is 4. The van der Waals surface area contributed by atoms with Gasteiger partial charge in [-0.15, -0.1) is 0 Å². The van der Waals surface area contributed by atoms with E-state index in [9.17, 15) is 0 Å². The van der Waals surface area contributed by atoms with Crippen LogP contribution in [0.3, 0.4) is 0 Å². The van der Waals surface area contributed by atoms with Gasteiger partial charge in [0.15, 0.2) is 5.82 Å². The van der Waals surface area contributed by atoms with Gasteiger partial charge in [-0.3, -0.25) is 0 Å². The number of rotatable bonds is 4. The minimum absolute atomic E-state index is 0.529. The van der Waals surface area contributed by atoms with Crippen LogP contribution in [-0.2, 0) is 0 Å². The lowest BCUT2D eigenvalue weighted by molar-refractivity contribution is 0.219. The Balaban J connectivity index is 1.65. The van der Waals surface area contributed by atoms with Gasteiger partial charge in [0, 0.05) is 31.5 Å². The summed E-state index contributed by atoms with van der Waals surface area (Å²) < 4.78 is 1.86. The second-order valence-electron chi connectivity index (χ2n) is 5.20. The summed E-state index contributed by atoms with van der Waals surface area (Å²) in [6, 6.07) is 2.53. The lowest BCUT2D eigenvalue weighted by Gasteiger charge is -2.32. The van der Waals surface area contributed by atoms with Crippen LogP contribution in [-0.4, -0.2) is 45.2 Å². The van der Waals surface area contributed by atoms with Crippen molar-refractivity contribution in [3.05, 3.63) is 24.7 Å². The molecule has 1 fully saturated rings. The molecule has 1 N–H and O–H groups in total. The van der Waals surface area contributed by atoms with E-state index >= 15 is 0 Å². The number of aromatic nitrogens is 3. The first-order chi connectivity index (χ1) is 9.36. The molecule has 1 aliphatic heterocycles. The molecule has 0 atom stereocenters. The molecule has 0 bridgehead atoms. The van der Waals surface area contributed by atoms with Crippen molar-refractivity contribution in [2.45, 2.75) is 32.2 Å². The fourth-order valence-corrected chi connectivity index (χ4v) is 2.78. The van der Waals surface area contributed by atoms with Gasteiger partial charge < -0.3 is 10.2 Å². The molecular formula is C14H21N5. The summed E-state index contributed by atoms with van der Waals surface area (Å²) in [4.78, 5) is 6.99. The maximum Gasteiger partial charge on any atom is 0.152 e. The monoisotopic (exact) mass is 259 g/mol. The summed E-state index contributed by atoms with van der Waals surface area (Å²) >= 11 is 0. The Morgan fingerprint density at radius 2 is 2.16 bits per heavy atom. The fourth-order valence-electron chi connectivity index (χ4n) is 2.78. The molecule has 0 aliphatic carbocycles. The first-order valence-corrected chi connectivity index (χ1v) is 7.14. The molecule has 3 heterocycles. The summed E-state index contributed by atoms with van der Waals surface area (Å²) in [5, 5.41) is 7.81. The van der Waals surface area contributed by atoms with Crippen LogP contribution >= 0.6 is 0 Å². The topological polar surface area (TPSA) is 45.5 Å². The van der Waals surface area contributed by atoms with Crippen molar-refractivity contribution in [1.29, 1.82) is 0 Å². The molecule has 0 aromatic carbocycles. The van der Waals surface area contributed by atoms with Gasteiger partial charge in [0.1, 0.15) is 5.52 Å². The number of anilines is 1. The van der Waals surface area contributed by atoms with Gasteiger partial charge >= 0.3 is 0 Å². The molecule has 2 aromatic heterocycles. The maximum atomic E-state index is 4.44. The van der Waals surface area contributed by atoms with Crippen LogP contribution in [0.5, 0.6) is 0 Å². The van der Waals surface area contributed by atoms with Crippen molar-refractivity contribution in [3.63, 3.8) is 0 Å². The van der Waals surface area contributed by atoms with Gasteiger partial charge in [-0.25, -0.2) is 9.50 Å². The second-order valence-corrected chi connectivity index (χ2v) is 5.20. The highest BCUT2D eigenvalue weighted by Crippen LogP contribution is 2.18. The van der Waals surface area contributed by atoms with Crippen LogP contribution in [0, 0.1) is 0 Å². The van der Waals surface area contributed by atoms with Gasteiger partial charge in [-0.2, -0.15) is 5.10 Å². The van der Waals surface area contributed by atoms with Crippen molar-refractivity contribution in [2.24, 2.45) is 0 Å². The zero-order valence-electron chi connectivity index (χ0n) is 11.4. The number of hydrogen-bond donors (Lipinski definition) is 1. The molecule has 102 valence electrons. The Hall–Kier alpha value is -1.62. The lowest BCUT2D eigenvalue weighted by Crippen LogP contribution is -2.39. The fraction of sp³-hybridized carbons (Fsp3) is 0.571. The van der Waals surface area contributed by atoms with E-state index in [0.29, 0.717) is 6.04 Å². The zero-order chi connectivity index (χ0) is 13.1. The summed E-state index contributed by atoms with van der Waals surface area (Å²) in [6.07, 6.45) is 9.12. The first-order valence-electron chi connectivity index (χ1n) is 7.14. The van der Waals surface area contributed by atoms with Gasteiger partial charge in [0.2, 0.25) is 0 Å². The largest absolute Gasteiger partial charge is 0.365 e. The SMILES string of the molecule is CCCN1CCC(Nc2nccn3nccc23)CC1. The minimum atomic E-state index is 0.529. The van der Waals surface area contributed by atoms with E-state index in [-0.39, 0.29) is 0 Å². The number of nitrogens with zero attached hydrogens (tertiary/aromatic N) is 4. The van der Waals surface area contributed by atoms with Crippen LogP contribution in [0.15, 0.2) is 24.7 Å². The van der Waals surface area contributed by atoms with Crippen molar-refractivity contribution in [1.82, 2.24) is 19.5 Å². The highest BCUT2D eigenvalue weighted by molar-refractivity contribution is 5.67. The quantitative estimate of drug-likeness (QED) is 0.912. The Kier molecular flexibility index (Phi) is 3.64. The van der Waals surface area contributed by atoms with Crippen LogP contribution in [0.4, 0.5) is 5.82 Å². The van der Waals surface area contributed by atoms with Crippen LogP contribution in [0.2, 0.25) is 0 Å². The standard InChI is InChI=1S/C14H21N5/c1-2-8-18-9-4-12(5-10-18)17-14-13-3-6-16-19(13)11-7-15-14/h3,6-7,11-12H,2,4-5,8-10H2,1H3,(H,15,17).